The third kappa shape index (κ3) is 3.82. The lowest BCUT2D eigenvalue weighted by molar-refractivity contribution is -0.143. The Hall–Kier alpha value is -1.42. The van der Waals surface area contributed by atoms with Crippen LogP contribution in [0.25, 0.3) is 0 Å². The number of benzene rings is 1. The summed E-state index contributed by atoms with van der Waals surface area (Å²) < 4.78 is 18.0. The van der Waals surface area contributed by atoms with E-state index < -0.39 is 17.6 Å². The molecule has 0 saturated carbocycles. The largest absolute Gasteiger partial charge is 0.466 e. The minimum absolute atomic E-state index is 0.0545. The third-order valence-electron chi connectivity index (χ3n) is 2.10. The molecule has 0 aliphatic heterocycles. The van der Waals surface area contributed by atoms with Crippen LogP contribution in [0.2, 0.25) is 5.02 Å². The van der Waals surface area contributed by atoms with E-state index in [1.807, 2.05) is 0 Å². The molecule has 0 fully saturated rings. The van der Waals surface area contributed by atoms with Gasteiger partial charge in [0.25, 0.3) is 0 Å². The summed E-state index contributed by atoms with van der Waals surface area (Å²) in [6, 6.07) is 4.01. The van der Waals surface area contributed by atoms with Crippen molar-refractivity contribution >= 4 is 23.4 Å². The number of rotatable bonds is 5. The zero-order chi connectivity index (χ0) is 12.8. The van der Waals surface area contributed by atoms with Gasteiger partial charge in [0, 0.05) is 6.42 Å². The number of carbonyl (C=O) groups excluding carboxylic acids is 2. The zero-order valence-electron chi connectivity index (χ0n) is 9.33. The average molecular weight is 259 g/mol. The van der Waals surface area contributed by atoms with Crippen molar-refractivity contribution in [1.82, 2.24) is 0 Å². The van der Waals surface area contributed by atoms with Crippen LogP contribution in [-0.4, -0.2) is 18.4 Å². The van der Waals surface area contributed by atoms with E-state index >= 15 is 0 Å². The molecular weight excluding hydrogens is 247 g/mol. The number of hydrogen-bond acceptors (Lipinski definition) is 3. The van der Waals surface area contributed by atoms with Gasteiger partial charge in [-0.25, -0.2) is 4.39 Å². The lowest BCUT2D eigenvalue weighted by atomic mass is 10.1. The van der Waals surface area contributed by atoms with Crippen LogP contribution in [0.3, 0.4) is 0 Å². The third-order valence-corrected chi connectivity index (χ3v) is 2.42. The molecule has 1 aromatic rings. The summed E-state index contributed by atoms with van der Waals surface area (Å²) in [6.45, 7) is 1.93. The second-order valence-corrected chi connectivity index (χ2v) is 3.73. The van der Waals surface area contributed by atoms with Crippen LogP contribution < -0.4 is 0 Å². The first-order chi connectivity index (χ1) is 8.06. The molecule has 0 aliphatic carbocycles. The predicted molar refractivity (Wildman–Crippen MR) is 61.6 cm³/mol. The fraction of sp³-hybridized carbons (Fsp3) is 0.333. The first kappa shape index (κ1) is 13.6. The van der Waals surface area contributed by atoms with Gasteiger partial charge in [-0.3, -0.25) is 9.59 Å². The Balaban J connectivity index is 2.68. The minimum Gasteiger partial charge on any atom is -0.466 e. The molecule has 0 radical (unpaired) electrons. The maximum atomic E-state index is 13.4. The van der Waals surface area contributed by atoms with Crippen molar-refractivity contribution in [3.05, 3.63) is 34.6 Å². The van der Waals surface area contributed by atoms with Crippen LogP contribution in [0.1, 0.15) is 30.1 Å². The lowest BCUT2D eigenvalue weighted by Gasteiger charge is -2.04. The Morgan fingerprint density at radius 2 is 2.06 bits per heavy atom. The van der Waals surface area contributed by atoms with E-state index in [2.05, 4.69) is 4.74 Å². The van der Waals surface area contributed by atoms with Gasteiger partial charge in [0.15, 0.2) is 5.78 Å². The standard InChI is InChI=1S/C12H12ClFO3/c1-2-17-11(16)7-6-10(15)12-8(13)4-3-5-9(12)14/h3-5H,2,6-7H2,1H3. The van der Waals surface area contributed by atoms with E-state index in [4.69, 9.17) is 11.6 Å². The van der Waals surface area contributed by atoms with Crippen LogP contribution in [-0.2, 0) is 9.53 Å². The highest BCUT2D eigenvalue weighted by molar-refractivity contribution is 6.34. The van der Waals surface area contributed by atoms with Crippen LogP contribution in [0.4, 0.5) is 4.39 Å². The molecule has 0 aromatic heterocycles. The second-order valence-electron chi connectivity index (χ2n) is 3.32. The van der Waals surface area contributed by atoms with E-state index in [0.717, 1.165) is 6.07 Å². The molecule has 3 nitrogen and oxygen atoms in total. The molecule has 17 heavy (non-hydrogen) atoms. The summed E-state index contributed by atoms with van der Waals surface area (Å²) in [5, 5.41) is 0.0545. The number of esters is 1. The second kappa shape index (κ2) is 6.35. The van der Waals surface area contributed by atoms with Gasteiger partial charge >= 0.3 is 5.97 Å². The van der Waals surface area contributed by atoms with Crippen LogP contribution in [0.15, 0.2) is 18.2 Å². The molecule has 0 spiro atoms. The van der Waals surface area contributed by atoms with Gasteiger partial charge < -0.3 is 4.74 Å². The lowest BCUT2D eigenvalue weighted by Crippen LogP contribution is -2.09. The topological polar surface area (TPSA) is 43.4 Å². The van der Waals surface area contributed by atoms with Crippen molar-refractivity contribution < 1.29 is 18.7 Å². The van der Waals surface area contributed by atoms with Gasteiger partial charge in [-0.2, -0.15) is 0 Å². The van der Waals surface area contributed by atoms with Crippen molar-refractivity contribution in [1.29, 1.82) is 0 Å². The predicted octanol–water partition coefficient (Wildman–Crippen LogP) is 3.01. The van der Waals surface area contributed by atoms with Gasteiger partial charge in [0.1, 0.15) is 5.82 Å². The van der Waals surface area contributed by atoms with Crippen molar-refractivity contribution in [3.63, 3.8) is 0 Å². The summed E-state index contributed by atoms with van der Waals surface area (Å²) >= 11 is 5.72. The number of ether oxygens (including phenoxy) is 1. The van der Waals surface area contributed by atoms with Crippen LogP contribution in [0, 0.1) is 5.82 Å². The molecule has 0 unspecified atom stereocenters. The fourth-order valence-corrected chi connectivity index (χ4v) is 1.61. The Bertz CT molecular complexity index is 412. The molecule has 0 saturated heterocycles. The Kier molecular flexibility index (Phi) is 5.10. The molecule has 0 amide bonds. The summed E-state index contributed by atoms with van der Waals surface area (Å²) in [6.07, 6.45) is -0.184. The number of hydrogen-bond donors (Lipinski definition) is 0. The molecule has 0 N–H and O–H groups in total. The monoisotopic (exact) mass is 258 g/mol. The van der Waals surface area contributed by atoms with E-state index in [1.165, 1.54) is 12.1 Å². The summed E-state index contributed by atoms with van der Waals surface area (Å²) in [7, 11) is 0. The molecular formula is C12H12ClFO3. The Morgan fingerprint density at radius 1 is 1.35 bits per heavy atom. The van der Waals surface area contributed by atoms with Crippen LogP contribution >= 0.6 is 11.6 Å². The van der Waals surface area contributed by atoms with Crippen molar-refractivity contribution in [2.24, 2.45) is 0 Å². The molecule has 0 aliphatic rings. The number of halogens is 2. The van der Waals surface area contributed by atoms with Gasteiger partial charge in [0.05, 0.1) is 23.6 Å². The highest BCUT2D eigenvalue weighted by atomic mass is 35.5. The number of carbonyl (C=O) groups is 2. The molecule has 1 aromatic carbocycles. The smallest absolute Gasteiger partial charge is 0.306 e. The first-order valence-corrected chi connectivity index (χ1v) is 5.57. The van der Waals surface area contributed by atoms with Crippen molar-refractivity contribution in [2.75, 3.05) is 6.61 Å². The Morgan fingerprint density at radius 3 is 2.65 bits per heavy atom. The molecule has 1 rings (SSSR count). The maximum absolute atomic E-state index is 13.4. The van der Waals surface area contributed by atoms with Gasteiger partial charge in [-0.1, -0.05) is 17.7 Å². The SMILES string of the molecule is CCOC(=O)CCC(=O)c1c(F)cccc1Cl. The van der Waals surface area contributed by atoms with Crippen LogP contribution in [0.5, 0.6) is 0 Å². The van der Waals surface area contributed by atoms with E-state index in [-0.39, 0.29) is 30.0 Å². The quantitative estimate of drug-likeness (QED) is 0.602. The normalized spacial score (nSPS) is 10.1. The highest BCUT2D eigenvalue weighted by Gasteiger charge is 2.16. The first-order valence-electron chi connectivity index (χ1n) is 5.19. The van der Waals surface area contributed by atoms with Gasteiger partial charge in [-0.15, -0.1) is 0 Å². The number of Topliss-reactive ketones (excluding diaryl/α,β-unsaturated/α-hetero) is 1. The number of ketones is 1. The summed E-state index contributed by atoms with van der Waals surface area (Å²) in [5.41, 5.74) is -0.168. The molecule has 0 atom stereocenters. The molecule has 5 heteroatoms. The van der Waals surface area contributed by atoms with E-state index in [9.17, 15) is 14.0 Å². The van der Waals surface area contributed by atoms with Gasteiger partial charge in [-0.05, 0) is 19.1 Å². The zero-order valence-corrected chi connectivity index (χ0v) is 10.1. The summed E-state index contributed by atoms with van der Waals surface area (Å²) in [4.78, 5) is 22.7. The minimum atomic E-state index is -0.675. The maximum Gasteiger partial charge on any atom is 0.306 e. The van der Waals surface area contributed by atoms with E-state index in [1.54, 1.807) is 6.92 Å². The Labute approximate surface area is 104 Å². The van der Waals surface area contributed by atoms with Gasteiger partial charge in [0.2, 0.25) is 0 Å². The molecule has 92 valence electrons. The van der Waals surface area contributed by atoms with E-state index in [0.29, 0.717) is 0 Å². The highest BCUT2D eigenvalue weighted by Crippen LogP contribution is 2.21. The summed E-state index contributed by atoms with van der Waals surface area (Å²) in [5.74, 6) is -1.65. The van der Waals surface area contributed by atoms with Crippen molar-refractivity contribution in [2.45, 2.75) is 19.8 Å². The molecule has 0 bridgehead atoms. The van der Waals surface area contributed by atoms with Crippen molar-refractivity contribution in [3.8, 4) is 0 Å². The fourth-order valence-electron chi connectivity index (χ4n) is 1.34. The average Bonchev–Trinajstić information content (AvgIpc) is 2.26. The molecule has 0 heterocycles.